The first-order chi connectivity index (χ1) is 11.6. The number of carbonyl (C=O) groups excluding carboxylic acids is 1. The number of nitrogens with zero attached hydrogens (tertiary/aromatic N) is 4. The zero-order valence-electron chi connectivity index (χ0n) is 12.9. The molecule has 6 nitrogen and oxygen atoms in total. The number of hydrogen-bond acceptors (Lipinski definition) is 8. The molecule has 3 aromatic rings. The topological polar surface area (TPSA) is 71.0 Å². The number of para-hydroxylation sites is 1. The van der Waals surface area contributed by atoms with Crippen LogP contribution in [-0.2, 0) is 4.79 Å². The summed E-state index contributed by atoms with van der Waals surface area (Å²) in [6.45, 7) is 2.12. The second-order valence-electron chi connectivity index (χ2n) is 4.79. The number of anilines is 2. The lowest BCUT2D eigenvalue weighted by Gasteiger charge is -2.14. The third-order valence-corrected chi connectivity index (χ3v) is 5.98. The summed E-state index contributed by atoms with van der Waals surface area (Å²) in [7, 11) is 1.74. The minimum absolute atomic E-state index is 0.0945. The van der Waals surface area contributed by atoms with Crippen molar-refractivity contribution in [2.24, 2.45) is 0 Å². The predicted octanol–water partition coefficient (Wildman–Crippen LogP) is 3.47. The Bertz CT molecular complexity index is 865. The molecular formula is C14H14FN5OS3. The van der Waals surface area contributed by atoms with Crippen molar-refractivity contribution in [1.29, 1.82) is 0 Å². The Hall–Kier alpha value is -1.78. The molecule has 0 aliphatic carbocycles. The van der Waals surface area contributed by atoms with Crippen LogP contribution in [0.25, 0.3) is 10.2 Å². The number of rotatable bonds is 6. The van der Waals surface area contributed by atoms with Crippen molar-refractivity contribution in [2.75, 3.05) is 29.6 Å². The average molecular weight is 383 g/mol. The Morgan fingerprint density at radius 3 is 2.96 bits per heavy atom. The van der Waals surface area contributed by atoms with E-state index in [4.69, 9.17) is 0 Å². The average Bonchev–Trinajstić information content (AvgIpc) is 3.15. The lowest BCUT2D eigenvalue weighted by atomic mass is 10.3. The molecule has 0 saturated carbocycles. The van der Waals surface area contributed by atoms with E-state index in [1.165, 1.54) is 28.7 Å². The van der Waals surface area contributed by atoms with Crippen LogP contribution in [0.4, 0.5) is 14.7 Å². The van der Waals surface area contributed by atoms with Crippen molar-refractivity contribution in [2.45, 2.75) is 11.3 Å². The number of halogens is 1. The summed E-state index contributed by atoms with van der Waals surface area (Å²) in [6.07, 6.45) is 0. The van der Waals surface area contributed by atoms with Gasteiger partial charge in [-0.05, 0) is 17.9 Å². The van der Waals surface area contributed by atoms with Gasteiger partial charge in [-0.3, -0.25) is 10.1 Å². The molecule has 0 radical (unpaired) electrons. The van der Waals surface area contributed by atoms with Gasteiger partial charge in [0.1, 0.15) is 11.3 Å². The maximum atomic E-state index is 13.7. The Morgan fingerprint density at radius 1 is 1.38 bits per heavy atom. The van der Waals surface area contributed by atoms with E-state index in [1.54, 1.807) is 29.8 Å². The van der Waals surface area contributed by atoms with Crippen LogP contribution in [0.2, 0.25) is 0 Å². The Labute approximate surface area is 150 Å². The first-order valence-corrected chi connectivity index (χ1v) is 9.71. The molecular weight excluding hydrogens is 369 g/mol. The van der Waals surface area contributed by atoms with Crippen LogP contribution in [0.1, 0.15) is 6.92 Å². The smallest absolute Gasteiger partial charge is 0.245 e. The van der Waals surface area contributed by atoms with E-state index in [-0.39, 0.29) is 18.3 Å². The molecule has 1 N–H and O–H groups in total. The molecule has 0 unspecified atom stereocenters. The van der Waals surface area contributed by atoms with Gasteiger partial charge in [0.15, 0.2) is 9.47 Å². The van der Waals surface area contributed by atoms with Crippen molar-refractivity contribution in [3.63, 3.8) is 0 Å². The van der Waals surface area contributed by atoms with E-state index in [0.29, 0.717) is 15.8 Å². The second kappa shape index (κ2) is 7.41. The van der Waals surface area contributed by atoms with Crippen molar-refractivity contribution in [3.8, 4) is 0 Å². The number of thiazole rings is 1. The van der Waals surface area contributed by atoms with Crippen LogP contribution in [0, 0.1) is 5.82 Å². The van der Waals surface area contributed by atoms with Crippen molar-refractivity contribution >= 4 is 60.8 Å². The fraction of sp³-hybridized carbons (Fsp3) is 0.286. The number of amides is 1. The number of carbonyl (C=O) groups is 1. The van der Waals surface area contributed by atoms with Crippen molar-refractivity contribution in [1.82, 2.24) is 15.2 Å². The Balaban J connectivity index is 1.65. The summed E-state index contributed by atoms with van der Waals surface area (Å²) in [6, 6.07) is 4.83. The number of fused-ring (bicyclic) bond motifs is 1. The molecule has 0 aliphatic heterocycles. The SMILES string of the molecule is CCSc1nnc(NC(=O)CN(C)c2nc3c(F)cccc3s2)s1. The van der Waals surface area contributed by atoms with Crippen molar-refractivity contribution in [3.05, 3.63) is 24.0 Å². The molecule has 2 heterocycles. The van der Waals surface area contributed by atoms with Crippen LogP contribution >= 0.6 is 34.4 Å². The molecule has 24 heavy (non-hydrogen) atoms. The number of likely N-dealkylation sites (N-methyl/N-ethyl adjacent to an activating group) is 1. The van der Waals surface area contributed by atoms with Crippen LogP contribution in [0.5, 0.6) is 0 Å². The van der Waals surface area contributed by atoms with Crippen LogP contribution in [0.15, 0.2) is 22.5 Å². The van der Waals surface area contributed by atoms with Gasteiger partial charge in [-0.2, -0.15) is 0 Å². The lowest BCUT2D eigenvalue weighted by molar-refractivity contribution is -0.114. The van der Waals surface area contributed by atoms with E-state index in [1.807, 2.05) is 13.0 Å². The minimum Gasteiger partial charge on any atom is -0.342 e. The van der Waals surface area contributed by atoms with Gasteiger partial charge in [0, 0.05) is 7.05 Å². The van der Waals surface area contributed by atoms with Gasteiger partial charge in [-0.1, -0.05) is 47.4 Å². The second-order valence-corrected chi connectivity index (χ2v) is 8.29. The van der Waals surface area contributed by atoms with E-state index < -0.39 is 0 Å². The minimum atomic E-state index is -0.359. The number of nitrogens with one attached hydrogen (secondary N) is 1. The Morgan fingerprint density at radius 2 is 2.21 bits per heavy atom. The van der Waals surface area contributed by atoms with E-state index in [9.17, 15) is 9.18 Å². The molecule has 0 bridgehead atoms. The monoisotopic (exact) mass is 383 g/mol. The molecule has 10 heteroatoms. The molecule has 3 rings (SSSR count). The molecule has 0 spiro atoms. The summed E-state index contributed by atoms with van der Waals surface area (Å²) >= 11 is 4.26. The zero-order valence-corrected chi connectivity index (χ0v) is 15.4. The molecule has 126 valence electrons. The maximum Gasteiger partial charge on any atom is 0.245 e. The summed E-state index contributed by atoms with van der Waals surface area (Å²) in [4.78, 5) is 18.1. The van der Waals surface area contributed by atoms with E-state index in [0.717, 1.165) is 14.8 Å². The molecule has 0 atom stereocenters. The first-order valence-electron chi connectivity index (χ1n) is 7.09. The summed E-state index contributed by atoms with van der Waals surface area (Å²) in [5, 5.41) is 11.7. The first kappa shape index (κ1) is 17.1. The highest BCUT2D eigenvalue weighted by molar-refractivity contribution is 8.01. The Kier molecular flexibility index (Phi) is 5.27. The van der Waals surface area contributed by atoms with E-state index in [2.05, 4.69) is 20.5 Å². The predicted molar refractivity (Wildman–Crippen MR) is 97.8 cm³/mol. The van der Waals surface area contributed by atoms with Crippen LogP contribution < -0.4 is 10.2 Å². The molecule has 1 aromatic carbocycles. The molecule has 0 aliphatic rings. The van der Waals surface area contributed by atoms with Crippen molar-refractivity contribution < 1.29 is 9.18 Å². The third-order valence-electron chi connectivity index (χ3n) is 2.99. The standard InChI is InChI=1S/C14H14FN5OS3/c1-3-22-14-19-18-12(24-14)16-10(21)7-20(2)13-17-11-8(15)5-4-6-9(11)23-13/h4-6H,3,7H2,1-2H3,(H,16,18,21). The van der Waals surface area contributed by atoms with Gasteiger partial charge < -0.3 is 4.90 Å². The van der Waals surface area contributed by atoms with Gasteiger partial charge in [-0.15, -0.1) is 10.2 Å². The number of benzene rings is 1. The van der Waals surface area contributed by atoms with Crippen LogP contribution in [0.3, 0.4) is 0 Å². The third kappa shape index (κ3) is 3.82. The van der Waals surface area contributed by atoms with Gasteiger partial charge in [0.25, 0.3) is 0 Å². The summed E-state index contributed by atoms with van der Waals surface area (Å²) in [5.74, 6) is 0.323. The number of aromatic nitrogens is 3. The molecule has 2 aromatic heterocycles. The largest absolute Gasteiger partial charge is 0.342 e. The van der Waals surface area contributed by atoms with Gasteiger partial charge in [-0.25, -0.2) is 9.37 Å². The van der Waals surface area contributed by atoms with Gasteiger partial charge in [0.05, 0.1) is 11.2 Å². The normalized spacial score (nSPS) is 11.0. The fourth-order valence-electron chi connectivity index (χ4n) is 1.95. The highest BCUT2D eigenvalue weighted by Crippen LogP contribution is 2.29. The highest BCUT2D eigenvalue weighted by Gasteiger charge is 2.15. The zero-order chi connectivity index (χ0) is 17.1. The fourth-order valence-corrected chi connectivity index (χ4v) is 4.56. The number of thioether (sulfide) groups is 1. The van der Waals surface area contributed by atoms with E-state index >= 15 is 0 Å². The van der Waals surface area contributed by atoms with Crippen LogP contribution in [-0.4, -0.2) is 40.4 Å². The quantitative estimate of drug-likeness (QED) is 0.519. The summed E-state index contributed by atoms with van der Waals surface area (Å²) < 4.78 is 15.3. The maximum absolute atomic E-state index is 13.7. The molecule has 0 fully saturated rings. The lowest BCUT2D eigenvalue weighted by Crippen LogP contribution is -2.29. The highest BCUT2D eigenvalue weighted by atomic mass is 32.2. The number of hydrogen-bond donors (Lipinski definition) is 1. The molecule has 0 saturated heterocycles. The van der Waals surface area contributed by atoms with Gasteiger partial charge >= 0.3 is 0 Å². The summed E-state index contributed by atoms with van der Waals surface area (Å²) in [5.41, 5.74) is 0.329. The molecule has 1 amide bonds. The van der Waals surface area contributed by atoms with Gasteiger partial charge in [0.2, 0.25) is 11.0 Å².